The molecule has 5 nitrogen and oxygen atoms in total. The van der Waals surface area contributed by atoms with Gasteiger partial charge < -0.3 is 5.32 Å². The van der Waals surface area contributed by atoms with E-state index >= 15 is 0 Å². The summed E-state index contributed by atoms with van der Waals surface area (Å²) in [6.07, 6.45) is 0. The molecule has 0 amide bonds. The standard InChI is InChI=1S/C10H23N3O2S/c1-9(2,3)12-16(14,15)13-7-6-11-8-10(13,4)5/h11-12H,6-8H2,1-5H3. The summed E-state index contributed by atoms with van der Waals surface area (Å²) in [5, 5.41) is 3.21. The maximum Gasteiger partial charge on any atom is 0.280 e. The summed E-state index contributed by atoms with van der Waals surface area (Å²) in [5.41, 5.74) is -0.824. The highest BCUT2D eigenvalue weighted by Gasteiger charge is 2.39. The van der Waals surface area contributed by atoms with Gasteiger partial charge in [-0.1, -0.05) is 0 Å². The van der Waals surface area contributed by atoms with Crippen LogP contribution in [0.25, 0.3) is 0 Å². The molecular formula is C10H23N3O2S. The molecule has 0 radical (unpaired) electrons. The Morgan fingerprint density at radius 2 is 1.88 bits per heavy atom. The van der Waals surface area contributed by atoms with Gasteiger partial charge in [0.25, 0.3) is 10.2 Å². The fourth-order valence-corrected chi connectivity index (χ4v) is 3.78. The number of rotatable bonds is 2. The molecule has 1 fully saturated rings. The van der Waals surface area contributed by atoms with E-state index in [0.29, 0.717) is 19.6 Å². The lowest BCUT2D eigenvalue weighted by molar-refractivity contribution is 0.181. The zero-order valence-corrected chi connectivity index (χ0v) is 11.6. The van der Waals surface area contributed by atoms with Gasteiger partial charge in [-0.25, -0.2) is 0 Å². The monoisotopic (exact) mass is 249 g/mol. The largest absolute Gasteiger partial charge is 0.314 e. The molecule has 1 aliphatic rings. The SMILES string of the molecule is CC(C)(C)NS(=O)(=O)N1CCNCC1(C)C. The molecule has 2 N–H and O–H groups in total. The highest BCUT2D eigenvalue weighted by molar-refractivity contribution is 7.87. The van der Waals surface area contributed by atoms with Crippen molar-refractivity contribution in [2.75, 3.05) is 19.6 Å². The summed E-state index contributed by atoms with van der Waals surface area (Å²) < 4.78 is 28.6. The topological polar surface area (TPSA) is 61.4 Å². The number of nitrogens with zero attached hydrogens (tertiary/aromatic N) is 1. The van der Waals surface area contributed by atoms with Crippen LogP contribution in [0.4, 0.5) is 0 Å². The molecule has 0 saturated carbocycles. The third-order valence-corrected chi connectivity index (χ3v) is 4.58. The van der Waals surface area contributed by atoms with E-state index in [2.05, 4.69) is 10.0 Å². The lowest BCUT2D eigenvalue weighted by Crippen LogP contribution is -2.63. The van der Waals surface area contributed by atoms with Crippen LogP contribution < -0.4 is 10.0 Å². The quantitative estimate of drug-likeness (QED) is 0.740. The van der Waals surface area contributed by atoms with Crippen molar-refractivity contribution in [1.82, 2.24) is 14.3 Å². The predicted molar refractivity (Wildman–Crippen MR) is 65.5 cm³/mol. The Morgan fingerprint density at radius 3 is 2.31 bits per heavy atom. The second-order valence-electron chi connectivity index (χ2n) is 5.92. The predicted octanol–water partition coefficient (Wildman–Crippen LogP) is 0.303. The van der Waals surface area contributed by atoms with Crippen molar-refractivity contribution in [1.29, 1.82) is 0 Å². The minimum atomic E-state index is -3.41. The second-order valence-corrected chi connectivity index (χ2v) is 7.51. The highest BCUT2D eigenvalue weighted by Crippen LogP contribution is 2.20. The molecule has 16 heavy (non-hydrogen) atoms. The molecule has 0 unspecified atom stereocenters. The summed E-state index contributed by atoms with van der Waals surface area (Å²) in [6.45, 7) is 11.3. The van der Waals surface area contributed by atoms with Crippen LogP contribution in [0.15, 0.2) is 0 Å². The van der Waals surface area contributed by atoms with Crippen LogP contribution in [0.1, 0.15) is 34.6 Å². The molecule has 1 rings (SSSR count). The fraction of sp³-hybridized carbons (Fsp3) is 1.00. The van der Waals surface area contributed by atoms with E-state index in [1.54, 1.807) is 4.31 Å². The first-order valence-corrected chi connectivity index (χ1v) is 7.01. The normalized spacial score (nSPS) is 23.3. The maximum atomic E-state index is 12.2. The summed E-state index contributed by atoms with van der Waals surface area (Å²) in [5.74, 6) is 0. The Kier molecular flexibility index (Phi) is 3.69. The van der Waals surface area contributed by atoms with E-state index in [1.165, 1.54) is 0 Å². The van der Waals surface area contributed by atoms with Gasteiger partial charge in [0, 0.05) is 30.7 Å². The zero-order valence-electron chi connectivity index (χ0n) is 10.8. The van der Waals surface area contributed by atoms with Crippen LogP contribution in [-0.2, 0) is 10.2 Å². The Balaban J connectivity index is 2.90. The molecule has 1 aliphatic heterocycles. The van der Waals surface area contributed by atoms with Crippen LogP contribution in [0.2, 0.25) is 0 Å². The van der Waals surface area contributed by atoms with Gasteiger partial charge in [-0.3, -0.25) is 0 Å². The molecule has 0 bridgehead atoms. The lowest BCUT2D eigenvalue weighted by Gasteiger charge is -2.42. The summed E-state index contributed by atoms with van der Waals surface area (Å²) in [6, 6.07) is 0. The van der Waals surface area contributed by atoms with Crippen LogP contribution in [0.5, 0.6) is 0 Å². The van der Waals surface area contributed by atoms with Crippen LogP contribution in [-0.4, -0.2) is 43.4 Å². The summed E-state index contributed by atoms with van der Waals surface area (Å²) >= 11 is 0. The van der Waals surface area contributed by atoms with Gasteiger partial charge in [0.15, 0.2) is 0 Å². The third-order valence-electron chi connectivity index (χ3n) is 2.45. The van der Waals surface area contributed by atoms with Gasteiger partial charge in [-0.15, -0.1) is 0 Å². The van der Waals surface area contributed by atoms with Crippen molar-refractivity contribution in [3.63, 3.8) is 0 Å². The van der Waals surface area contributed by atoms with Gasteiger partial charge in [0.1, 0.15) is 0 Å². The van der Waals surface area contributed by atoms with Crippen molar-refractivity contribution in [3.05, 3.63) is 0 Å². The summed E-state index contributed by atoms with van der Waals surface area (Å²) in [4.78, 5) is 0. The Labute approximate surface area is 98.8 Å². The molecule has 1 saturated heterocycles. The smallest absolute Gasteiger partial charge is 0.280 e. The first kappa shape index (κ1) is 13.9. The first-order valence-electron chi connectivity index (χ1n) is 5.57. The molecular weight excluding hydrogens is 226 g/mol. The van der Waals surface area contributed by atoms with Gasteiger partial charge >= 0.3 is 0 Å². The number of nitrogens with one attached hydrogen (secondary N) is 2. The average Bonchev–Trinajstić information content (AvgIpc) is 1.97. The van der Waals surface area contributed by atoms with Crippen molar-refractivity contribution in [2.24, 2.45) is 0 Å². The fourth-order valence-electron chi connectivity index (χ4n) is 1.85. The van der Waals surface area contributed by atoms with Crippen molar-refractivity contribution >= 4 is 10.2 Å². The number of hydrogen-bond acceptors (Lipinski definition) is 3. The van der Waals surface area contributed by atoms with Gasteiger partial charge in [-0.05, 0) is 34.6 Å². The maximum absolute atomic E-state index is 12.2. The molecule has 1 heterocycles. The Hall–Kier alpha value is -0.170. The second kappa shape index (κ2) is 4.25. The van der Waals surface area contributed by atoms with E-state index in [1.807, 2.05) is 34.6 Å². The Bertz CT molecular complexity index is 344. The van der Waals surface area contributed by atoms with E-state index in [9.17, 15) is 8.42 Å². The van der Waals surface area contributed by atoms with Crippen LogP contribution in [0.3, 0.4) is 0 Å². The molecule has 0 atom stereocenters. The minimum Gasteiger partial charge on any atom is -0.314 e. The molecule has 96 valence electrons. The van der Waals surface area contributed by atoms with E-state index in [4.69, 9.17) is 0 Å². The van der Waals surface area contributed by atoms with E-state index in [0.717, 1.165) is 0 Å². The van der Waals surface area contributed by atoms with Crippen LogP contribution >= 0.6 is 0 Å². The third kappa shape index (κ3) is 3.41. The molecule has 0 aromatic carbocycles. The van der Waals surface area contributed by atoms with Crippen molar-refractivity contribution in [2.45, 2.75) is 45.7 Å². The molecule has 6 heteroatoms. The number of hydrogen-bond donors (Lipinski definition) is 2. The summed E-state index contributed by atoms with van der Waals surface area (Å²) in [7, 11) is -3.41. The van der Waals surface area contributed by atoms with Gasteiger partial charge in [0.2, 0.25) is 0 Å². The first-order chi connectivity index (χ1) is 7.05. The molecule has 0 spiro atoms. The van der Waals surface area contributed by atoms with Crippen molar-refractivity contribution in [3.8, 4) is 0 Å². The highest BCUT2D eigenvalue weighted by atomic mass is 32.2. The van der Waals surface area contributed by atoms with E-state index in [-0.39, 0.29) is 5.54 Å². The number of piperazine rings is 1. The van der Waals surface area contributed by atoms with Crippen molar-refractivity contribution < 1.29 is 8.42 Å². The van der Waals surface area contributed by atoms with Crippen LogP contribution in [0, 0.1) is 0 Å². The molecule has 0 aliphatic carbocycles. The zero-order chi connectivity index (χ0) is 12.6. The van der Waals surface area contributed by atoms with Gasteiger partial charge in [-0.2, -0.15) is 17.4 Å². The minimum absolute atomic E-state index is 0.380. The average molecular weight is 249 g/mol. The molecule has 0 aromatic heterocycles. The Morgan fingerprint density at radius 1 is 1.31 bits per heavy atom. The van der Waals surface area contributed by atoms with Gasteiger partial charge in [0.05, 0.1) is 0 Å². The lowest BCUT2D eigenvalue weighted by atomic mass is 10.0. The van der Waals surface area contributed by atoms with E-state index < -0.39 is 15.7 Å². The molecule has 0 aromatic rings.